The lowest BCUT2D eigenvalue weighted by atomic mass is 9.93. The molecule has 1 aliphatic heterocycles. The van der Waals surface area contributed by atoms with Gasteiger partial charge < -0.3 is 14.8 Å². The van der Waals surface area contributed by atoms with Crippen molar-refractivity contribution in [3.63, 3.8) is 0 Å². The number of sulfonamides is 1. The van der Waals surface area contributed by atoms with E-state index in [4.69, 9.17) is 9.47 Å². The number of benzene rings is 2. The predicted molar refractivity (Wildman–Crippen MR) is 135 cm³/mol. The van der Waals surface area contributed by atoms with E-state index in [2.05, 4.69) is 10.0 Å². The normalized spacial score (nSPS) is 14.5. The van der Waals surface area contributed by atoms with Crippen LogP contribution >= 0.6 is 0 Å². The standard InChI is InChI=1S/C26H36N2O5S/c1-2-25(29)33-24-13-8-12-23(32-19-7-6-11-22-14-17-27-18-15-22)26(24)28-34(30,31)20-16-21-9-4-3-5-10-21/h3-5,8-10,12-13,22,27-28H,2,6-7,11,14-20H2,1H3. The SMILES string of the molecule is CCC(=O)Oc1cccc(OCCCCC2CCNCC2)c1NS(=O)(=O)CCc1ccccc1. The van der Waals surface area contributed by atoms with E-state index in [1.165, 1.54) is 19.3 Å². The van der Waals surface area contributed by atoms with Gasteiger partial charge in [-0.25, -0.2) is 8.42 Å². The van der Waals surface area contributed by atoms with E-state index in [0.29, 0.717) is 18.8 Å². The second-order valence-corrected chi connectivity index (χ2v) is 10.5. The molecule has 0 aliphatic carbocycles. The Bertz CT molecular complexity index is 1010. The molecule has 0 aromatic heterocycles. The first-order valence-corrected chi connectivity index (χ1v) is 13.8. The number of hydrogen-bond acceptors (Lipinski definition) is 6. The molecule has 1 aliphatic rings. The van der Waals surface area contributed by atoms with Crippen LogP contribution in [0.25, 0.3) is 0 Å². The quantitative estimate of drug-likeness (QED) is 0.244. The van der Waals surface area contributed by atoms with Crippen LogP contribution in [0.15, 0.2) is 48.5 Å². The molecule has 2 N–H and O–H groups in total. The predicted octanol–water partition coefficient (Wildman–Crippen LogP) is 4.54. The second kappa shape index (κ2) is 13.3. The maximum atomic E-state index is 12.9. The molecule has 0 saturated carbocycles. The maximum absolute atomic E-state index is 12.9. The molecule has 0 amide bonds. The number of nitrogens with one attached hydrogen (secondary N) is 2. The zero-order valence-corrected chi connectivity index (χ0v) is 20.7. The summed E-state index contributed by atoms with van der Waals surface area (Å²) in [4.78, 5) is 11.9. The van der Waals surface area contributed by atoms with E-state index >= 15 is 0 Å². The van der Waals surface area contributed by atoms with E-state index in [-0.39, 0.29) is 23.6 Å². The highest BCUT2D eigenvalue weighted by Gasteiger charge is 2.20. The Labute approximate surface area is 203 Å². The average Bonchev–Trinajstić information content (AvgIpc) is 2.85. The highest BCUT2D eigenvalue weighted by atomic mass is 32.2. The summed E-state index contributed by atoms with van der Waals surface area (Å²) < 4.78 is 39.7. The first kappa shape index (κ1) is 26.0. The Hall–Kier alpha value is -2.58. The van der Waals surface area contributed by atoms with Gasteiger partial charge >= 0.3 is 5.97 Å². The topological polar surface area (TPSA) is 93.7 Å². The van der Waals surface area contributed by atoms with Crippen LogP contribution in [0.1, 0.15) is 51.0 Å². The van der Waals surface area contributed by atoms with Crippen molar-refractivity contribution >= 4 is 21.7 Å². The van der Waals surface area contributed by atoms with Gasteiger partial charge in [-0.15, -0.1) is 0 Å². The van der Waals surface area contributed by atoms with Gasteiger partial charge in [0.15, 0.2) is 5.75 Å². The van der Waals surface area contributed by atoms with Crippen molar-refractivity contribution in [2.75, 3.05) is 30.2 Å². The summed E-state index contributed by atoms with van der Waals surface area (Å²) in [5.41, 5.74) is 1.11. The number of unbranched alkanes of at least 4 members (excludes halogenated alkanes) is 1. The molecule has 2 aromatic carbocycles. The smallest absolute Gasteiger partial charge is 0.310 e. The van der Waals surface area contributed by atoms with Crippen LogP contribution in [-0.2, 0) is 21.2 Å². The summed E-state index contributed by atoms with van der Waals surface area (Å²) in [5.74, 6) is 0.755. The Balaban J connectivity index is 1.63. The van der Waals surface area contributed by atoms with Crippen LogP contribution in [0.2, 0.25) is 0 Å². The summed E-state index contributed by atoms with van der Waals surface area (Å²) >= 11 is 0. The van der Waals surface area contributed by atoms with Gasteiger partial charge in [-0.1, -0.05) is 49.7 Å². The summed E-state index contributed by atoms with van der Waals surface area (Å²) in [7, 11) is -3.70. The van der Waals surface area contributed by atoms with Crippen LogP contribution in [0, 0.1) is 5.92 Å². The molecular formula is C26H36N2O5S. The van der Waals surface area contributed by atoms with Gasteiger partial charge in [-0.05, 0) is 68.8 Å². The number of para-hydroxylation sites is 1. The van der Waals surface area contributed by atoms with Gasteiger partial charge in [0.25, 0.3) is 0 Å². The van der Waals surface area contributed by atoms with E-state index in [1.54, 1.807) is 25.1 Å². The first-order valence-electron chi connectivity index (χ1n) is 12.2. The molecule has 34 heavy (non-hydrogen) atoms. The Morgan fingerprint density at radius 1 is 1.03 bits per heavy atom. The van der Waals surface area contributed by atoms with E-state index in [1.807, 2.05) is 30.3 Å². The number of rotatable bonds is 13. The van der Waals surface area contributed by atoms with Crippen LogP contribution < -0.4 is 19.5 Å². The number of hydrogen-bond donors (Lipinski definition) is 2. The molecule has 7 nitrogen and oxygen atoms in total. The number of carbonyl (C=O) groups is 1. The fourth-order valence-electron chi connectivity index (χ4n) is 4.00. The molecule has 1 heterocycles. The summed E-state index contributed by atoms with van der Waals surface area (Å²) in [6.45, 7) is 4.35. The summed E-state index contributed by atoms with van der Waals surface area (Å²) in [6.07, 6.45) is 6.12. The van der Waals surface area contributed by atoms with Crippen LogP contribution in [-0.4, -0.2) is 39.8 Å². The lowest BCUT2D eigenvalue weighted by Crippen LogP contribution is -2.27. The van der Waals surface area contributed by atoms with Crippen molar-refractivity contribution in [1.82, 2.24) is 5.32 Å². The first-order chi connectivity index (χ1) is 16.5. The van der Waals surface area contributed by atoms with E-state index in [9.17, 15) is 13.2 Å². The monoisotopic (exact) mass is 488 g/mol. The van der Waals surface area contributed by atoms with E-state index in [0.717, 1.165) is 37.4 Å². The molecule has 3 rings (SSSR count). The minimum Gasteiger partial charge on any atom is -0.491 e. The molecule has 0 radical (unpaired) electrons. The number of anilines is 1. The number of aryl methyl sites for hydroxylation is 1. The molecule has 186 valence electrons. The molecule has 0 atom stereocenters. The van der Waals surface area contributed by atoms with Gasteiger partial charge in [0.2, 0.25) is 10.0 Å². The summed E-state index contributed by atoms with van der Waals surface area (Å²) in [6, 6.07) is 14.4. The van der Waals surface area contributed by atoms with Crippen molar-refractivity contribution in [2.24, 2.45) is 5.92 Å². The Kier molecular flexibility index (Phi) is 10.2. The average molecular weight is 489 g/mol. The number of esters is 1. The number of piperidine rings is 1. The van der Waals surface area contributed by atoms with Gasteiger partial charge in [0.05, 0.1) is 12.4 Å². The van der Waals surface area contributed by atoms with Crippen LogP contribution in [0.4, 0.5) is 5.69 Å². The third-order valence-electron chi connectivity index (χ3n) is 5.98. The van der Waals surface area contributed by atoms with Gasteiger partial charge in [0.1, 0.15) is 11.4 Å². The fraction of sp³-hybridized carbons (Fsp3) is 0.500. The molecule has 8 heteroatoms. The van der Waals surface area contributed by atoms with Crippen LogP contribution in [0.3, 0.4) is 0 Å². The molecule has 0 spiro atoms. The van der Waals surface area contributed by atoms with Crippen molar-refractivity contribution in [3.05, 3.63) is 54.1 Å². The molecule has 0 bridgehead atoms. The third-order valence-corrected chi connectivity index (χ3v) is 7.24. The number of carbonyl (C=O) groups excluding carboxylic acids is 1. The molecule has 0 unspecified atom stereocenters. The zero-order chi connectivity index (χ0) is 24.2. The lowest BCUT2D eigenvalue weighted by molar-refractivity contribution is -0.133. The Morgan fingerprint density at radius 3 is 2.50 bits per heavy atom. The maximum Gasteiger partial charge on any atom is 0.310 e. The van der Waals surface area contributed by atoms with Gasteiger partial charge in [0, 0.05) is 6.42 Å². The zero-order valence-electron chi connectivity index (χ0n) is 19.9. The number of ether oxygens (including phenoxy) is 2. The minimum atomic E-state index is -3.70. The van der Waals surface area contributed by atoms with Crippen LogP contribution in [0.5, 0.6) is 11.5 Å². The van der Waals surface area contributed by atoms with Crippen molar-refractivity contribution in [2.45, 2.75) is 51.9 Å². The van der Waals surface area contributed by atoms with Gasteiger partial charge in [-0.2, -0.15) is 0 Å². The molecule has 1 fully saturated rings. The van der Waals surface area contributed by atoms with Crippen molar-refractivity contribution in [3.8, 4) is 11.5 Å². The molecule has 1 saturated heterocycles. The third kappa shape index (κ3) is 8.65. The second-order valence-electron chi connectivity index (χ2n) is 8.65. The largest absolute Gasteiger partial charge is 0.491 e. The lowest BCUT2D eigenvalue weighted by Gasteiger charge is -2.22. The highest BCUT2D eigenvalue weighted by molar-refractivity contribution is 7.92. The van der Waals surface area contributed by atoms with Crippen molar-refractivity contribution < 1.29 is 22.7 Å². The molecule has 2 aromatic rings. The van der Waals surface area contributed by atoms with Crippen molar-refractivity contribution in [1.29, 1.82) is 0 Å². The fourth-order valence-corrected chi connectivity index (χ4v) is 5.12. The minimum absolute atomic E-state index is 0.0945. The highest BCUT2D eigenvalue weighted by Crippen LogP contribution is 2.36. The van der Waals surface area contributed by atoms with E-state index < -0.39 is 16.0 Å². The van der Waals surface area contributed by atoms with Gasteiger partial charge in [-0.3, -0.25) is 9.52 Å². The Morgan fingerprint density at radius 2 is 1.76 bits per heavy atom. The summed E-state index contributed by atoms with van der Waals surface area (Å²) in [5, 5.41) is 3.39. The molecular weight excluding hydrogens is 452 g/mol.